The fourth-order valence-corrected chi connectivity index (χ4v) is 4.20. The van der Waals surface area contributed by atoms with Crippen LogP contribution in [0.1, 0.15) is 11.1 Å². The normalized spacial score (nSPS) is 10.9. The van der Waals surface area contributed by atoms with Gasteiger partial charge < -0.3 is 0 Å². The molecule has 0 N–H and O–H groups in total. The van der Waals surface area contributed by atoms with Gasteiger partial charge in [0.2, 0.25) is 0 Å². The van der Waals surface area contributed by atoms with Gasteiger partial charge in [-0.25, -0.2) is 0 Å². The van der Waals surface area contributed by atoms with Crippen molar-refractivity contribution in [1.29, 1.82) is 0 Å². The highest BCUT2D eigenvalue weighted by Gasteiger charge is 2.16. The van der Waals surface area contributed by atoms with Crippen molar-refractivity contribution >= 4 is 10.8 Å². The monoisotopic (exact) mass is 370 g/mol. The van der Waals surface area contributed by atoms with Crippen molar-refractivity contribution in [3.8, 4) is 22.3 Å². The lowest BCUT2D eigenvalue weighted by atomic mass is 9.84. The maximum absolute atomic E-state index is 2.37. The molecule has 0 heteroatoms. The summed E-state index contributed by atoms with van der Waals surface area (Å²) in [7, 11) is 0. The van der Waals surface area contributed by atoms with Gasteiger partial charge in [0.05, 0.1) is 0 Å². The zero-order chi connectivity index (χ0) is 19.5. The highest BCUT2D eigenvalue weighted by atomic mass is 14.2. The first-order valence-electron chi connectivity index (χ1n) is 10.1. The third-order valence-corrected chi connectivity index (χ3v) is 5.49. The van der Waals surface area contributed by atoms with E-state index in [4.69, 9.17) is 0 Å². The first-order chi connectivity index (χ1) is 14.4. The fourth-order valence-electron chi connectivity index (χ4n) is 4.20. The fraction of sp³-hybridized carbons (Fsp3) is 0.0345. The lowest BCUT2D eigenvalue weighted by Crippen LogP contribution is -1.97. The molecule has 0 aromatic heterocycles. The second-order valence-corrected chi connectivity index (χ2v) is 7.40. The summed E-state index contributed by atoms with van der Waals surface area (Å²) in [6, 6.07) is 43.5. The molecular weight excluding hydrogens is 348 g/mol. The van der Waals surface area contributed by atoms with E-state index in [2.05, 4.69) is 121 Å². The van der Waals surface area contributed by atoms with Gasteiger partial charge in [0, 0.05) is 0 Å². The Morgan fingerprint density at radius 1 is 0.448 bits per heavy atom. The summed E-state index contributed by atoms with van der Waals surface area (Å²) in [4.78, 5) is 0. The molecular formula is C29H22. The van der Waals surface area contributed by atoms with Crippen LogP contribution in [0.3, 0.4) is 0 Å². The van der Waals surface area contributed by atoms with Crippen LogP contribution in [0.2, 0.25) is 0 Å². The molecule has 0 aliphatic rings. The number of hydrogen-bond donors (Lipinski definition) is 0. The first-order valence-corrected chi connectivity index (χ1v) is 10.1. The molecule has 5 aromatic carbocycles. The van der Waals surface area contributed by atoms with Gasteiger partial charge in [-0.05, 0) is 50.6 Å². The Balaban J connectivity index is 1.86. The Morgan fingerprint density at radius 3 is 1.62 bits per heavy atom. The average molecular weight is 370 g/mol. The van der Waals surface area contributed by atoms with Crippen molar-refractivity contribution in [2.75, 3.05) is 0 Å². The first kappa shape index (κ1) is 17.5. The lowest BCUT2D eigenvalue weighted by molar-refractivity contribution is 1.20. The molecule has 5 aromatic rings. The maximum Gasteiger partial charge on any atom is -0.00192 e. The van der Waals surface area contributed by atoms with Gasteiger partial charge in [0.25, 0.3) is 0 Å². The minimum atomic E-state index is 0.912. The molecule has 0 nitrogen and oxygen atoms in total. The molecule has 0 saturated carbocycles. The van der Waals surface area contributed by atoms with Gasteiger partial charge in [-0.2, -0.15) is 0 Å². The summed E-state index contributed by atoms with van der Waals surface area (Å²) in [6.07, 6.45) is 0.912. The van der Waals surface area contributed by atoms with E-state index in [1.165, 1.54) is 44.2 Å². The minimum Gasteiger partial charge on any atom is -0.0622 e. The van der Waals surface area contributed by atoms with Crippen LogP contribution < -0.4 is 0 Å². The quantitative estimate of drug-likeness (QED) is 0.303. The molecule has 0 aliphatic carbocycles. The van der Waals surface area contributed by atoms with Crippen LogP contribution in [-0.2, 0) is 6.42 Å². The van der Waals surface area contributed by atoms with Crippen LogP contribution in [0.25, 0.3) is 33.0 Å². The van der Waals surface area contributed by atoms with Gasteiger partial charge in [0.15, 0.2) is 0 Å². The summed E-state index contributed by atoms with van der Waals surface area (Å²) in [5.41, 5.74) is 7.87. The third-order valence-electron chi connectivity index (χ3n) is 5.49. The van der Waals surface area contributed by atoms with Crippen LogP contribution in [0.4, 0.5) is 0 Å². The summed E-state index contributed by atoms with van der Waals surface area (Å²) >= 11 is 0. The minimum absolute atomic E-state index is 0.912. The highest BCUT2D eigenvalue weighted by molar-refractivity contribution is 6.05. The topological polar surface area (TPSA) is 0 Å². The highest BCUT2D eigenvalue weighted by Crippen LogP contribution is 2.41. The molecule has 0 fully saturated rings. The zero-order valence-electron chi connectivity index (χ0n) is 16.3. The summed E-state index contributed by atoms with van der Waals surface area (Å²) in [6.45, 7) is 0. The van der Waals surface area contributed by atoms with Crippen molar-refractivity contribution in [1.82, 2.24) is 0 Å². The molecule has 0 radical (unpaired) electrons. The average Bonchev–Trinajstić information content (AvgIpc) is 2.80. The third kappa shape index (κ3) is 3.46. The zero-order valence-corrected chi connectivity index (χ0v) is 16.3. The number of hydrogen-bond acceptors (Lipinski definition) is 0. The second-order valence-electron chi connectivity index (χ2n) is 7.40. The van der Waals surface area contributed by atoms with E-state index in [9.17, 15) is 0 Å². The predicted molar refractivity (Wildman–Crippen MR) is 124 cm³/mol. The molecule has 0 atom stereocenters. The molecule has 5 rings (SSSR count). The maximum atomic E-state index is 2.37. The Hall–Kier alpha value is -3.64. The SMILES string of the molecule is c1ccc(Cc2cc3ccccc3c(-c3ccccc3)c2-c2ccccc2)cc1. The summed E-state index contributed by atoms with van der Waals surface area (Å²) < 4.78 is 0. The molecule has 0 amide bonds. The lowest BCUT2D eigenvalue weighted by Gasteiger charge is -2.19. The Bertz CT molecular complexity index is 1240. The Kier molecular flexibility index (Phi) is 4.68. The van der Waals surface area contributed by atoms with Gasteiger partial charge in [-0.3, -0.25) is 0 Å². The molecule has 0 spiro atoms. The molecule has 0 bridgehead atoms. The van der Waals surface area contributed by atoms with Crippen molar-refractivity contribution in [2.24, 2.45) is 0 Å². The van der Waals surface area contributed by atoms with Crippen LogP contribution in [0.5, 0.6) is 0 Å². The number of rotatable bonds is 4. The number of fused-ring (bicyclic) bond motifs is 1. The molecule has 0 unspecified atom stereocenters. The van der Waals surface area contributed by atoms with Gasteiger partial charge in [-0.15, -0.1) is 0 Å². The molecule has 138 valence electrons. The summed E-state index contributed by atoms with van der Waals surface area (Å²) in [5, 5.41) is 2.59. The van der Waals surface area contributed by atoms with Gasteiger partial charge in [-0.1, -0.05) is 121 Å². The Morgan fingerprint density at radius 2 is 0.966 bits per heavy atom. The standard InChI is InChI=1S/C29H22/c1-4-12-22(13-5-1)20-26-21-25-18-10-11-19-27(25)29(24-16-8-3-9-17-24)28(26)23-14-6-2-7-15-23/h1-19,21H,20H2. The van der Waals surface area contributed by atoms with E-state index in [1.807, 2.05) is 0 Å². The summed E-state index contributed by atoms with van der Waals surface area (Å²) in [5.74, 6) is 0. The molecule has 0 heterocycles. The molecule has 0 saturated heterocycles. The van der Waals surface area contributed by atoms with Crippen molar-refractivity contribution in [2.45, 2.75) is 6.42 Å². The van der Waals surface area contributed by atoms with Crippen LogP contribution in [0, 0.1) is 0 Å². The predicted octanol–water partition coefficient (Wildman–Crippen LogP) is 7.76. The van der Waals surface area contributed by atoms with E-state index in [0.717, 1.165) is 6.42 Å². The van der Waals surface area contributed by atoms with Crippen LogP contribution in [-0.4, -0.2) is 0 Å². The van der Waals surface area contributed by atoms with Crippen molar-refractivity contribution in [3.05, 3.63) is 132 Å². The second kappa shape index (κ2) is 7.77. The van der Waals surface area contributed by atoms with E-state index in [0.29, 0.717) is 0 Å². The smallest absolute Gasteiger partial charge is 0.00192 e. The Labute approximate surface area is 172 Å². The van der Waals surface area contributed by atoms with E-state index in [-0.39, 0.29) is 0 Å². The van der Waals surface area contributed by atoms with Gasteiger partial charge >= 0.3 is 0 Å². The van der Waals surface area contributed by atoms with E-state index >= 15 is 0 Å². The van der Waals surface area contributed by atoms with Crippen molar-refractivity contribution < 1.29 is 0 Å². The number of benzene rings is 5. The van der Waals surface area contributed by atoms with Gasteiger partial charge in [0.1, 0.15) is 0 Å². The van der Waals surface area contributed by atoms with E-state index in [1.54, 1.807) is 0 Å². The largest absolute Gasteiger partial charge is 0.0622 e. The molecule has 0 aliphatic heterocycles. The van der Waals surface area contributed by atoms with E-state index < -0.39 is 0 Å². The van der Waals surface area contributed by atoms with Crippen LogP contribution >= 0.6 is 0 Å². The van der Waals surface area contributed by atoms with Crippen LogP contribution in [0.15, 0.2) is 121 Å². The van der Waals surface area contributed by atoms with Crippen molar-refractivity contribution in [3.63, 3.8) is 0 Å². The molecule has 29 heavy (non-hydrogen) atoms.